The first-order chi connectivity index (χ1) is 8.72. The average Bonchev–Trinajstić information content (AvgIpc) is 2.97. The Labute approximate surface area is 104 Å². The van der Waals surface area contributed by atoms with E-state index in [-0.39, 0.29) is 5.91 Å². The summed E-state index contributed by atoms with van der Waals surface area (Å²) in [5.74, 6) is 0.366. The molecule has 0 saturated carbocycles. The Morgan fingerprint density at radius 3 is 3.11 bits per heavy atom. The van der Waals surface area contributed by atoms with Crippen LogP contribution in [0.25, 0.3) is 0 Å². The van der Waals surface area contributed by atoms with E-state index >= 15 is 0 Å². The molecule has 7 heteroatoms. The predicted octanol–water partition coefficient (Wildman–Crippen LogP) is 0.516. The Kier molecular flexibility index (Phi) is 3.73. The third-order valence-corrected chi connectivity index (χ3v) is 2.67. The predicted molar refractivity (Wildman–Crippen MR) is 67.2 cm³/mol. The summed E-state index contributed by atoms with van der Waals surface area (Å²) in [4.78, 5) is 12.0. The van der Waals surface area contributed by atoms with Crippen molar-refractivity contribution in [1.29, 1.82) is 0 Å². The molecule has 0 aliphatic carbocycles. The zero-order chi connectivity index (χ0) is 13.0. The van der Waals surface area contributed by atoms with Crippen molar-refractivity contribution in [2.24, 2.45) is 5.73 Å². The molecule has 2 heterocycles. The third-order valence-electron chi connectivity index (χ3n) is 2.67. The van der Waals surface area contributed by atoms with Crippen LogP contribution in [-0.4, -0.2) is 32.4 Å². The van der Waals surface area contributed by atoms with Gasteiger partial charge in [-0.1, -0.05) is 0 Å². The molecule has 1 amide bonds. The molecule has 0 radical (unpaired) electrons. The first-order valence-corrected chi connectivity index (χ1v) is 5.75. The Morgan fingerprint density at radius 2 is 2.44 bits per heavy atom. The zero-order valence-corrected chi connectivity index (χ0v) is 10.2. The number of anilines is 1. The van der Waals surface area contributed by atoms with Crippen LogP contribution >= 0.6 is 0 Å². The fourth-order valence-electron chi connectivity index (χ4n) is 1.65. The van der Waals surface area contributed by atoms with Gasteiger partial charge in [0.25, 0.3) is 5.91 Å². The van der Waals surface area contributed by atoms with E-state index in [9.17, 15) is 4.79 Å². The maximum Gasteiger partial charge on any atom is 0.260 e. The standard InChI is InChI=1S/C11H16N6O/c1-8-9(7-14-17(8)6-2-4-12)11(18)15-10-3-5-13-16-10/h3,5,7H,2,4,6,12H2,1H3,(H2,13,15,16,18). The minimum Gasteiger partial charge on any atom is -0.330 e. The summed E-state index contributed by atoms with van der Waals surface area (Å²) in [6, 6.07) is 1.69. The molecule has 0 spiro atoms. The van der Waals surface area contributed by atoms with Crippen LogP contribution in [0.1, 0.15) is 22.5 Å². The highest BCUT2D eigenvalue weighted by atomic mass is 16.1. The number of nitrogens with one attached hydrogen (secondary N) is 2. The quantitative estimate of drug-likeness (QED) is 0.717. The smallest absolute Gasteiger partial charge is 0.260 e. The molecule has 7 nitrogen and oxygen atoms in total. The number of hydrogen-bond acceptors (Lipinski definition) is 4. The highest BCUT2D eigenvalue weighted by molar-refractivity contribution is 6.04. The molecule has 0 fully saturated rings. The Hall–Kier alpha value is -2.15. The van der Waals surface area contributed by atoms with Gasteiger partial charge < -0.3 is 11.1 Å². The average molecular weight is 248 g/mol. The first-order valence-electron chi connectivity index (χ1n) is 5.75. The van der Waals surface area contributed by atoms with Gasteiger partial charge in [-0.2, -0.15) is 10.2 Å². The molecule has 0 bridgehead atoms. The molecule has 96 valence electrons. The van der Waals surface area contributed by atoms with Crippen molar-refractivity contribution in [2.45, 2.75) is 19.9 Å². The van der Waals surface area contributed by atoms with Crippen LogP contribution in [0.2, 0.25) is 0 Å². The molecule has 4 N–H and O–H groups in total. The molecule has 0 aliphatic rings. The van der Waals surface area contributed by atoms with Crippen LogP contribution in [-0.2, 0) is 6.54 Å². The maximum absolute atomic E-state index is 12.0. The van der Waals surface area contributed by atoms with E-state index in [1.54, 1.807) is 23.1 Å². The second-order valence-electron chi connectivity index (χ2n) is 3.93. The lowest BCUT2D eigenvalue weighted by atomic mass is 10.2. The number of H-pyrrole nitrogens is 1. The first kappa shape index (κ1) is 12.3. The normalized spacial score (nSPS) is 10.6. The lowest BCUT2D eigenvalue weighted by Gasteiger charge is -2.04. The Morgan fingerprint density at radius 1 is 1.61 bits per heavy atom. The molecule has 18 heavy (non-hydrogen) atoms. The van der Waals surface area contributed by atoms with Gasteiger partial charge in [-0.25, -0.2) is 0 Å². The largest absolute Gasteiger partial charge is 0.330 e. The van der Waals surface area contributed by atoms with E-state index in [4.69, 9.17) is 5.73 Å². The van der Waals surface area contributed by atoms with Gasteiger partial charge in [0.15, 0.2) is 0 Å². The summed E-state index contributed by atoms with van der Waals surface area (Å²) in [5.41, 5.74) is 6.84. The lowest BCUT2D eigenvalue weighted by Crippen LogP contribution is -2.14. The summed E-state index contributed by atoms with van der Waals surface area (Å²) in [6.07, 6.45) is 3.98. The Bertz CT molecular complexity index is 516. The summed E-state index contributed by atoms with van der Waals surface area (Å²) < 4.78 is 1.79. The van der Waals surface area contributed by atoms with Crippen molar-refractivity contribution in [3.63, 3.8) is 0 Å². The number of rotatable bonds is 5. The van der Waals surface area contributed by atoms with Gasteiger partial charge in [-0.05, 0) is 19.9 Å². The van der Waals surface area contributed by atoms with E-state index < -0.39 is 0 Å². The topological polar surface area (TPSA) is 102 Å². The van der Waals surface area contributed by atoms with Gasteiger partial charge in [0.1, 0.15) is 5.82 Å². The minimum absolute atomic E-state index is 0.198. The number of hydrogen-bond donors (Lipinski definition) is 3. The molecule has 0 atom stereocenters. The second-order valence-corrected chi connectivity index (χ2v) is 3.93. The van der Waals surface area contributed by atoms with Crippen molar-refractivity contribution < 1.29 is 4.79 Å². The Balaban J connectivity index is 2.08. The number of nitrogens with zero attached hydrogens (tertiary/aromatic N) is 3. The molecule has 2 aromatic heterocycles. The number of carbonyl (C=O) groups excluding carboxylic acids is 1. The van der Waals surface area contributed by atoms with E-state index in [2.05, 4.69) is 20.6 Å². The molecule has 0 saturated heterocycles. The van der Waals surface area contributed by atoms with Crippen LogP contribution in [0.15, 0.2) is 18.5 Å². The van der Waals surface area contributed by atoms with Crippen molar-refractivity contribution >= 4 is 11.7 Å². The van der Waals surface area contributed by atoms with E-state index in [0.29, 0.717) is 17.9 Å². The van der Waals surface area contributed by atoms with Crippen LogP contribution in [0.4, 0.5) is 5.82 Å². The van der Waals surface area contributed by atoms with Crippen LogP contribution in [0.5, 0.6) is 0 Å². The number of amides is 1. The summed E-state index contributed by atoms with van der Waals surface area (Å²) in [5, 5.41) is 13.3. The number of aryl methyl sites for hydroxylation is 1. The highest BCUT2D eigenvalue weighted by Crippen LogP contribution is 2.10. The lowest BCUT2D eigenvalue weighted by molar-refractivity contribution is 0.102. The summed E-state index contributed by atoms with van der Waals surface area (Å²) in [7, 11) is 0. The number of carbonyl (C=O) groups is 1. The number of aromatic nitrogens is 4. The van der Waals surface area contributed by atoms with Crippen LogP contribution in [0, 0.1) is 6.92 Å². The zero-order valence-electron chi connectivity index (χ0n) is 10.2. The third kappa shape index (κ3) is 2.57. The van der Waals surface area contributed by atoms with Gasteiger partial charge in [0.2, 0.25) is 0 Å². The summed E-state index contributed by atoms with van der Waals surface area (Å²) in [6.45, 7) is 3.19. The van der Waals surface area contributed by atoms with Gasteiger partial charge in [0, 0.05) is 18.3 Å². The number of nitrogens with two attached hydrogens (primary N) is 1. The summed E-state index contributed by atoms with van der Waals surface area (Å²) >= 11 is 0. The van der Waals surface area contributed by atoms with Gasteiger partial charge in [-0.15, -0.1) is 0 Å². The molecule has 0 aliphatic heterocycles. The van der Waals surface area contributed by atoms with Crippen LogP contribution < -0.4 is 11.1 Å². The fraction of sp³-hybridized carbons (Fsp3) is 0.364. The van der Waals surface area contributed by atoms with Crippen molar-refractivity contribution in [1.82, 2.24) is 20.0 Å². The molecular weight excluding hydrogens is 232 g/mol. The van der Waals surface area contributed by atoms with E-state index in [0.717, 1.165) is 18.7 Å². The minimum atomic E-state index is -0.198. The van der Waals surface area contributed by atoms with Crippen molar-refractivity contribution in [3.8, 4) is 0 Å². The van der Waals surface area contributed by atoms with Crippen molar-refractivity contribution in [2.75, 3.05) is 11.9 Å². The molecule has 0 unspecified atom stereocenters. The monoisotopic (exact) mass is 248 g/mol. The van der Waals surface area contributed by atoms with Crippen molar-refractivity contribution in [3.05, 3.63) is 29.7 Å². The molecule has 2 rings (SSSR count). The van der Waals surface area contributed by atoms with Crippen LogP contribution in [0.3, 0.4) is 0 Å². The highest BCUT2D eigenvalue weighted by Gasteiger charge is 2.14. The second kappa shape index (κ2) is 5.46. The van der Waals surface area contributed by atoms with Gasteiger partial charge in [0.05, 0.1) is 18.0 Å². The molecule has 0 aromatic carbocycles. The fourth-order valence-corrected chi connectivity index (χ4v) is 1.65. The van der Waals surface area contributed by atoms with E-state index in [1.165, 1.54) is 0 Å². The molecule has 2 aromatic rings. The van der Waals surface area contributed by atoms with Gasteiger partial charge >= 0.3 is 0 Å². The molecular formula is C11H16N6O. The SMILES string of the molecule is Cc1c(C(=O)Nc2ccn[nH]2)cnn1CCCN. The van der Waals surface area contributed by atoms with Gasteiger partial charge in [-0.3, -0.25) is 14.6 Å². The van der Waals surface area contributed by atoms with E-state index in [1.807, 2.05) is 6.92 Å². The maximum atomic E-state index is 12.0. The number of aromatic amines is 1.